The van der Waals surface area contributed by atoms with Crippen molar-refractivity contribution in [3.05, 3.63) is 36.2 Å². The molecule has 0 unspecified atom stereocenters. The number of oxazole rings is 1. The third-order valence-corrected chi connectivity index (χ3v) is 3.26. The fraction of sp³-hybridized carbons (Fsp3) is 0.267. The molecular weight excluding hydrogens is 272 g/mol. The van der Waals surface area contributed by atoms with Crippen LogP contribution in [0.3, 0.4) is 0 Å². The van der Waals surface area contributed by atoms with Gasteiger partial charge in [-0.15, -0.1) is 0 Å². The Morgan fingerprint density at radius 3 is 2.81 bits per heavy atom. The topological polar surface area (TPSA) is 83.6 Å². The molecular formula is C15H14N2O4. The fourth-order valence-electron chi connectivity index (χ4n) is 2.12. The third-order valence-electron chi connectivity index (χ3n) is 3.26. The molecule has 6 heteroatoms. The maximum Gasteiger partial charge on any atom is 0.323 e. The van der Waals surface area contributed by atoms with E-state index in [2.05, 4.69) is 4.98 Å². The van der Waals surface area contributed by atoms with Gasteiger partial charge in [0.15, 0.2) is 5.58 Å². The molecule has 1 aromatic heterocycles. The van der Waals surface area contributed by atoms with Gasteiger partial charge in [-0.25, -0.2) is 4.98 Å². The summed E-state index contributed by atoms with van der Waals surface area (Å²) in [7, 11) is 0. The van der Waals surface area contributed by atoms with Crippen LogP contribution in [0.25, 0.3) is 17.2 Å². The number of carboxylic acid groups (broad SMARTS) is 1. The minimum atomic E-state index is -1.01. The van der Waals surface area contributed by atoms with E-state index in [1.807, 2.05) is 18.2 Å². The molecule has 1 aromatic carbocycles. The number of carboxylic acids is 1. The van der Waals surface area contributed by atoms with Gasteiger partial charge in [-0.3, -0.25) is 9.59 Å². The van der Waals surface area contributed by atoms with E-state index in [-0.39, 0.29) is 18.5 Å². The van der Waals surface area contributed by atoms with Crippen LogP contribution in [-0.4, -0.2) is 39.5 Å². The van der Waals surface area contributed by atoms with E-state index in [0.717, 1.165) is 12.8 Å². The molecule has 1 amide bonds. The van der Waals surface area contributed by atoms with Crippen molar-refractivity contribution in [2.24, 2.45) is 0 Å². The lowest BCUT2D eigenvalue weighted by atomic mass is 10.3. The van der Waals surface area contributed by atoms with Gasteiger partial charge in [0.2, 0.25) is 11.8 Å². The van der Waals surface area contributed by atoms with Crippen LogP contribution < -0.4 is 0 Å². The maximum atomic E-state index is 12.1. The van der Waals surface area contributed by atoms with Gasteiger partial charge in [0.05, 0.1) is 0 Å². The summed E-state index contributed by atoms with van der Waals surface area (Å²) in [5, 5.41) is 8.84. The smallest absolute Gasteiger partial charge is 0.323 e. The summed E-state index contributed by atoms with van der Waals surface area (Å²) in [5.41, 5.74) is 1.36. The molecule has 0 bridgehead atoms. The Labute approximate surface area is 120 Å². The maximum absolute atomic E-state index is 12.1. The second-order valence-electron chi connectivity index (χ2n) is 4.94. The molecule has 0 spiro atoms. The van der Waals surface area contributed by atoms with Gasteiger partial charge in [-0.05, 0) is 25.0 Å². The van der Waals surface area contributed by atoms with E-state index < -0.39 is 5.97 Å². The van der Waals surface area contributed by atoms with Crippen molar-refractivity contribution < 1.29 is 19.1 Å². The summed E-state index contributed by atoms with van der Waals surface area (Å²) in [6.45, 7) is -0.276. The Kier molecular flexibility index (Phi) is 3.43. The van der Waals surface area contributed by atoms with Crippen LogP contribution in [0, 0.1) is 0 Å². The molecule has 21 heavy (non-hydrogen) atoms. The highest BCUT2D eigenvalue weighted by molar-refractivity contribution is 5.93. The van der Waals surface area contributed by atoms with Gasteiger partial charge < -0.3 is 14.4 Å². The van der Waals surface area contributed by atoms with Crippen molar-refractivity contribution in [3.63, 3.8) is 0 Å². The van der Waals surface area contributed by atoms with E-state index >= 15 is 0 Å². The molecule has 1 fully saturated rings. The lowest BCUT2D eigenvalue weighted by Gasteiger charge is -2.17. The average molecular weight is 286 g/mol. The number of para-hydroxylation sites is 2. The highest BCUT2D eigenvalue weighted by atomic mass is 16.4. The van der Waals surface area contributed by atoms with Gasteiger partial charge in [-0.1, -0.05) is 12.1 Å². The normalized spacial score (nSPS) is 14.7. The van der Waals surface area contributed by atoms with Gasteiger partial charge >= 0.3 is 5.97 Å². The average Bonchev–Trinajstić information content (AvgIpc) is 3.21. The Morgan fingerprint density at radius 2 is 2.14 bits per heavy atom. The summed E-state index contributed by atoms with van der Waals surface area (Å²) >= 11 is 0. The summed E-state index contributed by atoms with van der Waals surface area (Å²) < 4.78 is 5.47. The number of aliphatic carboxylic acids is 1. The molecule has 0 aliphatic heterocycles. The largest absolute Gasteiger partial charge is 0.480 e. The number of carbonyl (C=O) groups excluding carboxylic acids is 1. The molecule has 1 heterocycles. The lowest BCUT2D eigenvalue weighted by molar-refractivity contribution is -0.143. The van der Waals surface area contributed by atoms with Gasteiger partial charge in [0.1, 0.15) is 12.1 Å². The van der Waals surface area contributed by atoms with E-state index in [9.17, 15) is 9.59 Å². The molecule has 1 aliphatic rings. The van der Waals surface area contributed by atoms with Crippen molar-refractivity contribution in [1.29, 1.82) is 0 Å². The van der Waals surface area contributed by atoms with Crippen molar-refractivity contribution in [2.75, 3.05) is 6.54 Å². The highest BCUT2D eigenvalue weighted by Crippen LogP contribution is 2.27. The number of nitrogens with zero attached hydrogens (tertiary/aromatic N) is 2. The summed E-state index contributed by atoms with van der Waals surface area (Å²) in [5.74, 6) is -1.01. The molecule has 1 saturated carbocycles. The van der Waals surface area contributed by atoms with Gasteiger partial charge in [-0.2, -0.15) is 0 Å². The summed E-state index contributed by atoms with van der Waals surface area (Å²) in [4.78, 5) is 28.4. The molecule has 0 saturated heterocycles. The predicted octanol–water partition coefficient (Wildman–Crippen LogP) is 1.92. The third kappa shape index (κ3) is 3.10. The molecule has 0 radical (unpaired) electrons. The molecule has 3 rings (SSSR count). The number of rotatable bonds is 5. The zero-order valence-corrected chi connectivity index (χ0v) is 11.2. The fourth-order valence-corrected chi connectivity index (χ4v) is 2.12. The minimum absolute atomic E-state index is 0.0434. The SMILES string of the molecule is O=C(O)CN(C(=O)C=Cc1nc2ccccc2o1)C1CC1. The van der Waals surface area contributed by atoms with Crippen molar-refractivity contribution in [2.45, 2.75) is 18.9 Å². The molecule has 0 atom stereocenters. The zero-order chi connectivity index (χ0) is 14.8. The zero-order valence-electron chi connectivity index (χ0n) is 11.2. The Hall–Kier alpha value is -2.63. The van der Waals surface area contributed by atoms with Crippen molar-refractivity contribution in [1.82, 2.24) is 9.88 Å². The number of hydrogen-bond donors (Lipinski definition) is 1. The van der Waals surface area contributed by atoms with Crippen LogP contribution in [-0.2, 0) is 9.59 Å². The second-order valence-corrected chi connectivity index (χ2v) is 4.94. The number of aromatic nitrogens is 1. The molecule has 1 aliphatic carbocycles. The van der Waals surface area contributed by atoms with E-state index in [1.165, 1.54) is 17.1 Å². The first-order valence-electron chi connectivity index (χ1n) is 6.69. The first-order chi connectivity index (χ1) is 10.1. The number of amides is 1. The lowest BCUT2D eigenvalue weighted by Crippen LogP contribution is -2.36. The van der Waals surface area contributed by atoms with E-state index in [0.29, 0.717) is 17.0 Å². The minimum Gasteiger partial charge on any atom is -0.480 e. The van der Waals surface area contributed by atoms with E-state index in [4.69, 9.17) is 9.52 Å². The predicted molar refractivity (Wildman–Crippen MR) is 75.4 cm³/mol. The number of fused-ring (bicyclic) bond motifs is 1. The van der Waals surface area contributed by atoms with Crippen LogP contribution in [0.5, 0.6) is 0 Å². The molecule has 2 aromatic rings. The summed E-state index contributed by atoms with van der Waals surface area (Å²) in [6.07, 6.45) is 4.50. The van der Waals surface area contributed by atoms with Crippen LogP contribution in [0.2, 0.25) is 0 Å². The molecule has 108 valence electrons. The van der Waals surface area contributed by atoms with Gasteiger partial charge in [0.25, 0.3) is 0 Å². The Balaban J connectivity index is 1.74. The molecule has 6 nitrogen and oxygen atoms in total. The van der Waals surface area contributed by atoms with Gasteiger partial charge in [0, 0.05) is 18.2 Å². The summed E-state index contributed by atoms with van der Waals surface area (Å²) in [6, 6.07) is 7.35. The van der Waals surface area contributed by atoms with E-state index in [1.54, 1.807) is 6.07 Å². The van der Waals surface area contributed by atoms with Crippen LogP contribution in [0.15, 0.2) is 34.8 Å². The Bertz CT molecular complexity index is 682. The number of hydrogen-bond acceptors (Lipinski definition) is 4. The van der Waals surface area contributed by atoms with Crippen LogP contribution >= 0.6 is 0 Å². The highest BCUT2D eigenvalue weighted by Gasteiger charge is 2.32. The first-order valence-corrected chi connectivity index (χ1v) is 6.69. The monoisotopic (exact) mass is 286 g/mol. The van der Waals surface area contributed by atoms with Crippen LogP contribution in [0.4, 0.5) is 0 Å². The van der Waals surface area contributed by atoms with Crippen molar-refractivity contribution >= 4 is 29.1 Å². The quantitative estimate of drug-likeness (QED) is 0.849. The molecule has 1 N–H and O–H groups in total. The van der Waals surface area contributed by atoms with Crippen LogP contribution in [0.1, 0.15) is 18.7 Å². The van der Waals surface area contributed by atoms with Crippen molar-refractivity contribution in [3.8, 4) is 0 Å². The second kappa shape index (κ2) is 5.40. The standard InChI is InChI=1S/C15H14N2O4/c18-14(17(9-15(19)20)10-5-6-10)8-7-13-16-11-3-1-2-4-12(11)21-13/h1-4,7-8,10H,5-6,9H2,(H,19,20). The number of benzene rings is 1. The first kappa shape index (κ1) is 13.4. The Morgan fingerprint density at radius 1 is 1.38 bits per heavy atom. The number of carbonyl (C=O) groups is 2.